The molecule has 0 spiro atoms. The Bertz CT molecular complexity index is 1180. The molecule has 2 aliphatic rings. The molecule has 2 aromatic carbocycles. The van der Waals surface area contributed by atoms with Crippen LogP contribution in [0.5, 0.6) is 11.5 Å². The maximum Gasteiger partial charge on any atom is 0.240 e. The topological polar surface area (TPSA) is 114 Å². The van der Waals surface area contributed by atoms with E-state index in [0.29, 0.717) is 30.2 Å². The van der Waals surface area contributed by atoms with Gasteiger partial charge in [0.05, 0.1) is 19.1 Å². The van der Waals surface area contributed by atoms with Crippen molar-refractivity contribution in [3.63, 3.8) is 0 Å². The fraction of sp³-hybridized carbons (Fsp3) is 0.391. The highest BCUT2D eigenvalue weighted by atomic mass is 32.2. The lowest BCUT2D eigenvalue weighted by Gasteiger charge is -2.17. The number of hydrogen-bond donors (Lipinski definition) is 2. The molecule has 1 fully saturated rings. The molecule has 0 aromatic heterocycles. The zero-order chi connectivity index (χ0) is 23.6. The maximum atomic E-state index is 12.7. The number of benzene rings is 2. The highest BCUT2D eigenvalue weighted by molar-refractivity contribution is 7.89. The Balaban J connectivity index is 1.33. The van der Waals surface area contributed by atoms with Crippen LogP contribution >= 0.6 is 0 Å². The molecule has 4 rings (SSSR count). The molecule has 33 heavy (non-hydrogen) atoms. The van der Waals surface area contributed by atoms with Crippen LogP contribution in [0, 0.1) is 5.92 Å². The zero-order valence-electron chi connectivity index (χ0n) is 18.6. The van der Waals surface area contributed by atoms with Gasteiger partial charge in [0.1, 0.15) is 0 Å². The monoisotopic (exact) mass is 473 g/mol. The summed E-state index contributed by atoms with van der Waals surface area (Å²) in [7, 11) is -0.761. The van der Waals surface area contributed by atoms with Crippen molar-refractivity contribution in [3.05, 3.63) is 42.0 Å². The van der Waals surface area contributed by atoms with Gasteiger partial charge in [0.2, 0.25) is 21.8 Å². The minimum absolute atomic E-state index is 0.0395. The lowest BCUT2D eigenvalue weighted by Crippen LogP contribution is -2.30. The van der Waals surface area contributed by atoms with Gasteiger partial charge in [-0.15, -0.1) is 0 Å². The minimum Gasteiger partial charge on any atom is -0.493 e. The highest BCUT2D eigenvalue weighted by Crippen LogP contribution is 2.37. The van der Waals surface area contributed by atoms with Crippen LogP contribution in [-0.2, 0) is 26.0 Å². The van der Waals surface area contributed by atoms with Crippen molar-refractivity contribution in [1.29, 1.82) is 0 Å². The Labute approximate surface area is 193 Å². The molecule has 1 heterocycles. The van der Waals surface area contributed by atoms with Gasteiger partial charge in [0.15, 0.2) is 11.5 Å². The molecule has 2 amide bonds. The average molecular weight is 474 g/mol. The number of carbonyl (C=O) groups excluding carboxylic acids is 2. The predicted molar refractivity (Wildman–Crippen MR) is 123 cm³/mol. The first-order chi connectivity index (χ1) is 15.8. The van der Waals surface area contributed by atoms with Crippen LogP contribution in [0.25, 0.3) is 0 Å². The quantitative estimate of drug-likeness (QED) is 0.578. The van der Waals surface area contributed by atoms with E-state index in [1.54, 1.807) is 35.2 Å². The summed E-state index contributed by atoms with van der Waals surface area (Å²) in [5.74, 6) is 0.921. The van der Waals surface area contributed by atoms with E-state index in [-0.39, 0.29) is 35.6 Å². The highest BCUT2D eigenvalue weighted by Gasteiger charge is 2.36. The van der Waals surface area contributed by atoms with Gasteiger partial charge in [-0.05, 0) is 55.2 Å². The van der Waals surface area contributed by atoms with Crippen molar-refractivity contribution in [2.75, 3.05) is 37.5 Å². The number of carbonyl (C=O) groups is 2. The Morgan fingerprint density at radius 1 is 1.06 bits per heavy atom. The van der Waals surface area contributed by atoms with Gasteiger partial charge >= 0.3 is 0 Å². The Morgan fingerprint density at radius 3 is 2.52 bits per heavy atom. The summed E-state index contributed by atoms with van der Waals surface area (Å²) in [6.07, 6.45) is 2.45. The van der Waals surface area contributed by atoms with E-state index in [1.807, 2.05) is 0 Å². The summed E-state index contributed by atoms with van der Waals surface area (Å²) < 4.78 is 38.3. The summed E-state index contributed by atoms with van der Waals surface area (Å²) in [6.45, 7) is 0.531. The maximum absolute atomic E-state index is 12.7. The first-order valence-corrected chi connectivity index (χ1v) is 12.3. The average Bonchev–Trinajstić information content (AvgIpc) is 3.57. The normalized spacial score (nSPS) is 15.2. The molecule has 176 valence electrons. The van der Waals surface area contributed by atoms with Crippen molar-refractivity contribution in [2.24, 2.45) is 5.92 Å². The van der Waals surface area contributed by atoms with E-state index in [1.165, 1.54) is 20.3 Å². The molecule has 10 heteroatoms. The second-order valence-corrected chi connectivity index (χ2v) is 9.84. The number of nitrogens with zero attached hydrogens (tertiary/aromatic N) is 1. The van der Waals surface area contributed by atoms with Gasteiger partial charge in [-0.3, -0.25) is 9.59 Å². The Morgan fingerprint density at radius 2 is 1.82 bits per heavy atom. The standard InChI is InChI=1S/C23H27N3O6S/c1-31-20-8-5-17(14-21(20)32-2)25-22(27)9-11-24-33(29,30)18-6-7-19-16(13-18)10-12-26(19)23(28)15-3-4-15/h5-8,13-15,24H,3-4,9-12H2,1-2H3,(H,25,27). The molecule has 9 nitrogen and oxygen atoms in total. The third-order valence-electron chi connectivity index (χ3n) is 5.76. The van der Waals surface area contributed by atoms with Gasteiger partial charge in [0, 0.05) is 42.9 Å². The minimum atomic E-state index is -3.78. The molecule has 1 aliphatic carbocycles. The largest absolute Gasteiger partial charge is 0.493 e. The predicted octanol–water partition coefficient (Wildman–Crippen LogP) is 2.31. The molecule has 2 N–H and O–H groups in total. The van der Waals surface area contributed by atoms with Gasteiger partial charge < -0.3 is 19.7 Å². The second-order valence-electron chi connectivity index (χ2n) is 8.07. The molecular formula is C23H27N3O6S. The van der Waals surface area contributed by atoms with Crippen molar-refractivity contribution in [2.45, 2.75) is 30.6 Å². The number of methoxy groups -OCH3 is 2. The first kappa shape index (κ1) is 23.1. The van der Waals surface area contributed by atoms with Crippen LogP contribution in [0.15, 0.2) is 41.3 Å². The first-order valence-electron chi connectivity index (χ1n) is 10.8. The van der Waals surface area contributed by atoms with E-state index in [4.69, 9.17) is 9.47 Å². The van der Waals surface area contributed by atoms with Crippen molar-refractivity contribution in [1.82, 2.24) is 4.72 Å². The fourth-order valence-electron chi connectivity index (χ4n) is 3.84. The number of ether oxygens (including phenoxy) is 2. The van der Waals surface area contributed by atoms with Crippen LogP contribution in [0.4, 0.5) is 11.4 Å². The summed E-state index contributed by atoms with van der Waals surface area (Å²) in [4.78, 5) is 26.5. The molecule has 0 bridgehead atoms. The molecule has 1 saturated carbocycles. The van der Waals surface area contributed by atoms with Gasteiger partial charge in [-0.1, -0.05) is 0 Å². The van der Waals surface area contributed by atoms with E-state index >= 15 is 0 Å². The molecule has 0 saturated heterocycles. The molecule has 0 unspecified atom stereocenters. The summed E-state index contributed by atoms with van der Waals surface area (Å²) in [5.41, 5.74) is 2.16. The Hall–Kier alpha value is -3.11. The summed E-state index contributed by atoms with van der Waals surface area (Å²) >= 11 is 0. The van der Waals surface area contributed by atoms with Crippen molar-refractivity contribution in [3.8, 4) is 11.5 Å². The van der Waals surface area contributed by atoms with E-state index < -0.39 is 10.0 Å². The number of fused-ring (bicyclic) bond motifs is 1. The lowest BCUT2D eigenvalue weighted by molar-refractivity contribution is -0.119. The van der Waals surface area contributed by atoms with Crippen molar-refractivity contribution >= 4 is 33.2 Å². The van der Waals surface area contributed by atoms with E-state index in [0.717, 1.165) is 24.1 Å². The van der Waals surface area contributed by atoms with E-state index in [2.05, 4.69) is 10.0 Å². The van der Waals surface area contributed by atoms with Gasteiger partial charge in [0.25, 0.3) is 0 Å². The lowest BCUT2D eigenvalue weighted by atomic mass is 10.2. The number of hydrogen-bond acceptors (Lipinski definition) is 6. The van der Waals surface area contributed by atoms with Crippen LogP contribution in [0.3, 0.4) is 0 Å². The summed E-state index contributed by atoms with van der Waals surface area (Å²) in [5, 5.41) is 2.71. The molecule has 0 atom stereocenters. The third kappa shape index (κ3) is 5.12. The SMILES string of the molecule is COc1ccc(NC(=O)CCNS(=O)(=O)c2ccc3c(c2)CCN3C(=O)C2CC2)cc1OC. The van der Waals surface area contributed by atoms with Crippen LogP contribution < -0.4 is 24.4 Å². The van der Waals surface area contributed by atoms with Crippen LogP contribution in [0.1, 0.15) is 24.8 Å². The zero-order valence-corrected chi connectivity index (χ0v) is 19.4. The molecule has 1 aliphatic heterocycles. The molecule has 2 aromatic rings. The number of sulfonamides is 1. The molecular weight excluding hydrogens is 446 g/mol. The number of nitrogens with one attached hydrogen (secondary N) is 2. The number of anilines is 2. The Kier molecular flexibility index (Phi) is 6.57. The summed E-state index contributed by atoms with van der Waals surface area (Å²) in [6, 6.07) is 9.78. The fourth-order valence-corrected chi connectivity index (χ4v) is 4.93. The van der Waals surface area contributed by atoms with Crippen LogP contribution in [0.2, 0.25) is 0 Å². The smallest absolute Gasteiger partial charge is 0.240 e. The van der Waals surface area contributed by atoms with Gasteiger partial charge in [-0.25, -0.2) is 13.1 Å². The van der Waals surface area contributed by atoms with Crippen LogP contribution in [-0.4, -0.2) is 47.5 Å². The second kappa shape index (κ2) is 9.40. The number of amides is 2. The van der Waals surface area contributed by atoms with E-state index in [9.17, 15) is 18.0 Å². The van der Waals surface area contributed by atoms with Gasteiger partial charge in [-0.2, -0.15) is 0 Å². The number of rotatable bonds is 9. The van der Waals surface area contributed by atoms with Crippen molar-refractivity contribution < 1.29 is 27.5 Å². The third-order valence-corrected chi connectivity index (χ3v) is 7.22. The molecule has 0 radical (unpaired) electrons.